The van der Waals surface area contributed by atoms with Gasteiger partial charge in [0.2, 0.25) is 0 Å². The summed E-state index contributed by atoms with van der Waals surface area (Å²) in [7, 11) is 0. The zero-order valence-corrected chi connectivity index (χ0v) is 11.9. The smallest absolute Gasteiger partial charge is 0.276 e. The molecule has 0 spiro atoms. The molecule has 1 saturated carbocycles. The van der Waals surface area contributed by atoms with Gasteiger partial charge in [0, 0.05) is 37.2 Å². The quantitative estimate of drug-likeness (QED) is 0.826. The summed E-state index contributed by atoms with van der Waals surface area (Å²) in [5.41, 5.74) is 0.491. The summed E-state index contributed by atoms with van der Waals surface area (Å²) in [5, 5.41) is 3.99. The number of aromatic nitrogens is 1. The highest BCUT2D eigenvalue weighted by atomic mass is 16.5. The van der Waals surface area contributed by atoms with Gasteiger partial charge in [-0.05, 0) is 39.2 Å². The maximum atomic E-state index is 12.6. The maximum Gasteiger partial charge on any atom is 0.276 e. The molecule has 1 amide bonds. The lowest BCUT2D eigenvalue weighted by Crippen LogP contribution is -2.56. The Hall–Kier alpha value is -1.36. The van der Waals surface area contributed by atoms with E-state index in [0.717, 1.165) is 18.8 Å². The first-order chi connectivity index (χ1) is 9.72. The topological polar surface area (TPSA) is 49.6 Å². The average Bonchev–Trinajstić information content (AvgIpc) is 3.00. The van der Waals surface area contributed by atoms with E-state index >= 15 is 0 Å². The highest BCUT2D eigenvalue weighted by molar-refractivity contribution is 5.92. The minimum Gasteiger partial charge on any atom is -0.360 e. The van der Waals surface area contributed by atoms with Crippen LogP contribution < -0.4 is 0 Å². The number of carbonyl (C=O) groups excluding carboxylic acids is 1. The molecule has 0 radical (unpaired) electrons. The predicted octanol–water partition coefficient (Wildman–Crippen LogP) is 1.86. The zero-order chi connectivity index (χ0) is 13.7. The Morgan fingerprint density at radius 2 is 2.20 bits per heavy atom. The molecular formula is C15H21N3O2. The Morgan fingerprint density at radius 1 is 1.35 bits per heavy atom. The molecule has 0 bridgehead atoms. The Bertz CT molecular complexity index is 523. The summed E-state index contributed by atoms with van der Waals surface area (Å²) in [6.45, 7) is 5.15. The van der Waals surface area contributed by atoms with Crippen LogP contribution in [0.5, 0.6) is 0 Å². The number of amides is 1. The minimum atomic E-state index is 0.0414. The van der Waals surface area contributed by atoms with Crippen LogP contribution in [0.1, 0.15) is 54.8 Å². The van der Waals surface area contributed by atoms with Crippen LogP contribution in [0.25, 0.3) is 0 Å². The van der Waals surface area contributed by atoms with E-state index in [2.05, 4.69) is 17.0 Å². The highest BCUT2D eigenvalue weighted by Crippen LogP contribution is 2.40. The average molecular weight is 275 g/mol. The van der Waals surface area contributed by atoms with Crippen molar-refractivity contribution < 1.29 is 9.32 Å². The number of hydrogen-bond donors (Lipinski definition) is 0. The van der Waals surface area contributed by atoms with Crippen LogP contribution in [0, 0.1) is 0 Å². The van der Waals surface area contributed by atoms with Crippen molar-refractivity contribution in [2.75, 3.05) is 19.6 Å². The maximum absolute atomic E-state index is 12.6. The molecule has 3 heterocycles. The normalized spacial score (nSPS) is 30.6. The monoisotopic (exact) mass is 275 g/mol. The van der Waals surface area contributed by atoms with Crippen molar-refractivity contribution in [2.24, 2.45) is 0 Å². The first-order valence-corrected chi connectivity index (χ1v) is 7.74. The van der Waals surface area contributed by atoms with Gasteiger partial charge in [-0.15, -0.1) is 0 Å². The summed E-state index contributed by atoms with van der Waals surface area (Å²) >= 11 is 0. The molecule has 3 fully saturated rings. The number of hydrogen-bond acceptors (Lipinski definition) is 4. The predicted molar refractivity (Wildman–Crippen MR) is 73.6 cm³/mol. The lowest BCUT2D eigenvalue weighted by molar-refractivity contribution is 0.0386. The van der Waals surface area contributed by atoms with Gasteiger partial charge in [0.15, 0.2) is 5.69 Å². The van der Waals surface area contributed by atoms with E-state index in [1.807, 2.05) is 11.0 Å². The fourth-order valence-electron chi connectivity index (χ4n) is 3.57. The third-order valence-corrected chi connectivity index (χ3v) is 4.93. The summed E-state index contributed by atoms with van der Waals surface area (Å²) in [4.78, 5) is 17.1. The van der Waals surface area contributed by atoms with Crippen molar-refractivity contribution >= 4 is 5.91 Å². The summed E-state index contributed by atoms with van der Waals surface area (Å²) < 4.78 is 5.31. The van der Waals surface area contributed by atoms with Gasteiger partial charge in [-0.25, -0.2) is 0 Å². The standard InChI is InChI=1S/C15H21N3O2/c1-10-8-17-6-2-3-12(17)9-18(10)15(19)13-7-14(20-16-13)11-4-5-11/h7,10-12H,2-6,8-9H2,1H3/t10-,12-/m1/s1. The van der Waals surface area contributed by atoms with Gasteiger partial charge in [-0.2, -0.15) is 0 Å². The van der Waals surface area contributed by atoms with E-state index in [1.165, 1.54) is 32.2 Å². The molecule has 1 aromatic rings. The largest absolute Gasteiger partial charge is 0.360 e. The molecule has 0 N–H and O–H groups in total. The number of carbonyl (C=O) groups is 1. The second kappa shape index (κ2) is 4.58. The Labute approximate surface area is 118 Å². The number of rotatable bonds is 2. The Balaban J connectivity index is 1.51. The van der Waals surface area contributed by atoms with Crippen LogP contribution in [0.3, 0.4) is 0 Å². The minimum absolute atomic E-state index is 0.0414. The molecule has 20 heavy (non-hydrogen) atoms. The van der Waals surface area contributed by atoms with Crippen molar-refractivity contribution in [2.45, 2.75) is 50.6 Å². The molecule has 1 aliphatic carbocycles. The number of fused-ring (bicyclic) bond motifs is 1. The molecule has 5 heteroatoms. The Morgan fingerprint density at radius 3 is 3.00 bits per heavy atom. The van der Waals surface area contributed by atoms with Gasteiger partial charge in [0.25, 0.3) is 5.91 Å². The van der Waals surface area contributed by atoms with Crippen LogP contribution in [-0.2, 0) is 0 Å². The van der Waals surface area contributed by atoms with E-state index in [4.69, 9.17) is 4.52 Å². The summed E-state index contributed by atoms with van der Waals surface area (Å²) in [6.07, 6.45) is 4.80. The number of nitrogens with zero attached hydrogens (tertiary/aromatic N) is 3. The molecular weight excluding hydrogens is 254 g/mol. The third kappa shape index (κ3) is 2.04. The molecule has 2 saturated heterocycles. The lowest BCUT2D eigenvalue weighted by Gasteiger charge is -2.41. The van der Waals surface area contributed by atoms with Gasteiger partial charge >= 0.3 is 0 Å². The molecule has 0 aromatic carbocycles. The van der Waals surface area contributed by atoms with Gasteiger partial charge < -0.3 is 9.42 Å². The van der Waals surface area contributed by atoms with Crippen LogP contribution >= 0.6 is 0 Å². The van der Waals surface area contributed by atoms with Crippen LogP contribution in [0.4, 0.5) is 0 Å². The zero-order valence-electron chi connectivity index (χ0n) is 11.9. The van der Waals surface area contributed by atoms with Gasteiger partial charge in [0.1, 0.15) is 5.76 Å². The van der Waals surface area contributed by atoms with Crippen molar-refractivity contribution in [3.8, 4) is 0 Å². The van der Waals surface area contributed by atoms with E-state index in [9.17, 15) is 4.79 Å². The van der Waals surface area contributed by atoms with Gasteiger partial charge in [-0.1, -0.05) is 5.16 Å². The van der Waals surface area contributed by atoms with Crippen molar-refractivity contribution in [1.82, 2.24) is 15.0 Å². The van der Waals surface area contributed by atoms with Crippen molar-refractivity contribution in [3.05, 3.63) is 17.5 Å². The van der Waals surface area contributed by atoms with E-state index < -0.39 is 0 Å². The molecule has 0 unspecified atom stereocenters. The number of piperazine rings is 1. The molecule has 1 aromatic heterocycles. The van der Waals surface area contributed by atoms with Crippen LogP contribution in [0.2, 0.25) is 0 Å². The summed E-state index contributed by atoms with van der Waals surface area (Å²) in [6, 6.07) is 2.66. The van der Waals surface area contributed by atoms with E-state index in [1.54, 1.807) is 0 Å². The van der Waals surface area contributed by atoms with E-state index in [-0.39, 0.29) is 11.9 Å². The molecule has 3 aliphatic rings. The second-order valence-corrected chi connectivity index (χ2v) is 6.49. The lowest BCUT2D eigenvalue weighted by atomic mass is 10.1. The highest BCUT2D eigenvalue weighted by Gasteiger charge is 2.38. The Kier molecular flexibility index (Phi) is 2.84. The van der Waals surface area contributed by atoms with Crippen molar-refractivity contribution in [3.63, 3.8) is 0 Å². The van der Waals surface area contributed by atoms with Crippen LogP contribution in [0.15, 0.2) is 10.6 Å². The molecule has 2 aliphatic heterocycles. The van der Waals surface area contributed by atoms with Crippen molar-refractivity contribution in [1.29, 1.82) is 0 Å². The van der Waals surface area contributed by atoms with Gasteiger partial charge in [0.05, 0.1) is 0 Å². The first-order valence-electron chi connectivity index (χ1n) is 7.74. The SMILES string of the molecule is C[C@@H]1CN2CCC[C@@H]2CN1C(=O)c1cc(C2CC2)on1. The molecule has 5 nitrogen and oxygen atoms in total. The third-order valence-electron chi connectivity index (χ3n) is 4.93. The first kappa shape index (κ1) is 12.4. The fourth-order valence-corrected chi connectivity index (χ4v) is 3.57. The summed E-state index contributed by atoms with van der Waals surface area (Å²) in [5.74, 6) is 1.44. The molecule has 4 rings (SSSR count). The van der Waals surface area contributed by atoms with E-state index in [0.29, 0.717) is 17.7 Å². The van der Waals surface area contributed by atoms with Gasteiger partial charge in [-0.3, -0.25) is 9.69 Å². The fraction of sp³-hybridized carbons (Fsp3) is 0.733. The van der Waals surface area contributed by atoms with Crippen LogP contribution in [-0.4, -0.2) is 52.6 Å². The second-order valence-electron chi connectivity index (χ2n) is 6.49. The molecule has 108 valence electrons. The molecule has 2 atom stereocenters.